The normalized spacial score (nSPS) is 11.4. The molecular weight excluding hydrogens is 298 g/mol. The molecule has 0 radical (unpaired) electrons. The predicted molar refractivity (Wildman–Crippen MR) is 63.5 cm³/mol. The van der Waals surface area contributed by atoms with Crippen LogP contribution in [0.25, 0.3) is 0 Å². The van der Waals surface area contributed by atoms with Crippen molar-refractivity contribution in [3.05, 3.63) is 59.7 Å². The minimum Gasteiger partial charge on any atom is -0.279 e. The van der Waals surface area contributed by atoms with Gasteiger partial charge in [-0.1, -0.05) is 6.07 Å². The summed E-state index contributed by atoms with van der Waals surface area (Å²) in [6.45, 7) is 0. The summed E-state index contributed by atoms with van der Waals surface area (Å²) in [5.74, 6) is -5.95. The first-order valence-corrected chi connectivity index (χ1v) is 6.71. The van der Waals surface area contributed by atoms with Crippen LogP contribution in [0.15, 0.2) is 41.3 Å². The Labute approximate surface area is 111 Å². The lowest BCUT2D eigenvalue weighted by molar-refractivity contribution is 0.432. The molecule has 3 nitrogen and oxygen atoms in total. The van der Waals surface area contributed by atoms with E-state index < -0.39 is 38.2 Å². The van der Waals surface area contributed by atoms with Crippen LogP contribution in [0.5, 0.6) is 0 Å². The van der Waals surface area contributed by atoms with Gasteiger partial charge < -0.3 is 0 Å². The van der Waals surface area contributed by atoms with Crippen LogP contribution in [0.2, 0.25) is 0 Å². The van der Waals surface area contributed by atoms with Gasteiger partial charge in [0.25, 0.3) is 10.0 Å². The molecule has 20 heavy (non-hydrogen) atoms. The molecule has 106 valence electrons. The lowest BCUT2D eigenvalue weighted by atomic mass is 10.3. The number of hydrogen-bond donors (Lipinski definition) is 1. The molecule has 0 atom stereocenters. The number of benzene rings is 2. The number of rotatable bonds is 3. The van der Waals surface area contributed by atoms with Gasteiger partial charge in [-0.15, -0.1) is 0 Å². The molecule has 0 unspecified atom stereocenters. The summed E-state index contributed by atoms with van der Waals surface area (Å²) < 4.78 is 77.7. The maximum Gasteiger partial charge on any atom is 0.264 e. The van der Waals surface area contributed by atoms with Crippen molar-refractivity contribution in [3.8, 4) is 0 Å². The molecule has 0 bridgehead atoms. The molecule has 8 heteroatoms. The second-order valence-electron chi connectivity index (χ2n) is 3.79. The molecule has 2 aromatic rings. The van der Waals surface area contributed by atoms with E-state index in [0.29, 0.717) is 12.1 Å². The van der Waals surface area contributed by atoms with E-state index in [2.05, 4.69) is 0 Å². The number of anilines is 1. The average Bonchev–Trinajstić information content (AvgIpc) is 2.35. The van der Waals surface area contributed by atoms with Gasteiger partial charge in [0.2, 0.25) is 0 Å². The van der Waals surface area contributed by atoms with Gasteiger partial charge >= 0.3 is 0 Å². The smallest absolute Gasteiger partial charge is 0.264 e. The largest absolute Gasteiger partial charge is 0.279 e. The van der Waals surface area contributed by atoms with E-state index in [1.807, 2.05) is 4.72 Å². The van der Waals surface area contributed by atoms with Crippen molar-refractivity contribution < 1.29 is 26.0 Å². The zero-order chi connectivity index (χ0) is 14.9. The van der Waals surface area contributed by atoms with E-state index >= 15 is 0 Å². The first kappa shape index (κ1) is 14.3. The molecule has 0 spiro atoms. The van der Waals surface area contributed by atoms with Crippen molar-refractivity contribution in [2.24, 2.45) is 0 Å². The Kier molecular flexibility index (Phi) is 3.67. The number of halogens is 4. The zero-order valence-corrected chi connectivity index (χ0v) is 10.5. The topological polar surface area (TPSA) is 46.2 Å². The van der Waals surface area contributed by atoms with Crippen molar-refractivity contribution in [1.29, 1.82) is 0 Å². The summed E-state index contributed by atoms with van der Waals surface area (Å²) in [6.07, 6.45) is 0. The van der Waals surface area contributed by atoms with Crippen LogP contribution in [-0.4, -0.2) is 8.42 Å². The molecule has 0 saturated heterocycles. The Morgan fingerprint density at radius 3 is 2.25 bits per heavy atom. The fraction of sp³-hybridized carbons (Fsp3) is 0. The Morgan fingerprint density at radius 1 is 0.900 bits per heavy atom. The number of sulfonamides is 1. The molecule has 1 N–H and O–H groups in total. The summed E-state index contributed by atoms with van der Waals surface area (Å²) in [6, 6.07) is 5.45. The van der Waals surface area contributed by atoms with E-state index in [1.165, 1.54) is 12.1 Å². The van der Waals surface area contributed by atoms with Gasteiger partial charge in [-0.25, -0.2) is 26.0 Å². The number of hydrogen-bond acceptors (Lipinski definition) is 2. The molecule has 2 rings (SSSR count). The van der Waals surface area contributed by atoms with Gasteiger partial charge in [-0.2, -0.15) is 0 Å². The van der Waals surface area contributed by atoms with Crippen molar-refractivity contribution >= 4 is 15.7 Å². The second-order valence-corrected chi connectivity index (χ2v) is 5.44. The first-order valence-electron chi connectivity index (χ1n) is 5.23. The second kappa shape index (κ2) is 5.12. The highest BCUT2D eigenvalue weighted by molar-refractivity contribution is 7.92. The molecule has 0 aliphatic carbocycles. The van der Waals surface area contributed by atoms with Crippen LogP contribution in [0.1, 0.15) is 0 Å². The molecular formula is C12H7F4NO2S. The highest BCUT2D eigenvalue weighted by atomic mass is 32.2. The molecule has 0 amide bonds. The minimum absolute atomic E-state index is 0.172. The van der Waals surface area contributed by atoms with Crippen molar-refractivity contribution in [2.75, 3.05) is 4.72 Å². The third-order valence-electron chi connectivity index (χ3n) is 2.37. The fourth-order valence-electron chi connectivity index (χ4n) is 1.48. The van der Waals surface area contributed by atoms with Crippen molar-refractivity contribution in [2.45, 2.75) is 4.90 Å². The maximum absolute atomic E-state index is 13.4. The summed E-state index contributed by atoms with van der Waals surface area (Å²) in [5.41, 5.74) is -0.172. The van der Waals surface area contributed by atoms with Gasteiger partial charge in [0.1, 0.15) is 10.7 Å². The van der Waals surface area contributed by atoms with Gasteiger partial charge in [-0.3, -0.25) is 4.72 Å². The predicted octanol–water partition coefficient (Wildman–Crippen LogP) is 3.04. The Morgan fingerprint density at radius 2 is 1.60 bits per heavy atom. The molecule has 0 fully saturated rings. The van der Waals surface area contributed by atoms with E-state index in [0.717, 1.165) is 12.1 Å². The highest BCUT2D eigenvalue weighted by Gasteiger charge is 2.24. The zero-order valence-electron chi connectivity index (χ0n) is 9.70. The number of nitrogens with one attached hydrogen (secondary N) is 1. The van der Waals surface area contributed by atoms with Crippen LogP contribution in [0, 0.1) is 23.3 Å². The molecule has 0 aliphatic heterocycles. The third-order valence-corrected chi connectivity index (χ3v) is 3.76. The standard InChI is InChI=1S/C12H7F4NO2S/c13-7-2-1-3-8(6-7)17-20(18,19)10-5-4-9(14)11(15)12(10)16/h1-6,17H. The minimum atomic E-state index is -4.50. The summed E-state index contributed by atoms with van der Waals surface area (Å²) in [7, 11) is -4.50. The maximum atomic E-state index is 13.4. The molecule has 0 saturated carbocycles. The van der Waals surface area contributed by atoms with Crippen LogP contribution < -0.4 is 4.72 Å². The van der Waals surface area contributed by atoms with Gasteiger partial charge in [-0.05, 0) is 30.3 Å². The summed E-state index contributed by atoms with van der Waals surface area (Å²) in [4.78, 5) is -1.07. The van der Waals surface area contributed by atoms with Crippen LogP contribution in [0.3, 0.4) is 0 Å². The average molecular weight is 305 g/mol. The van der Waals surface area contributed by atoms with Crippen molar-refractivity contribution in [3.63, 3.8) is 0 Å². The molecule has 0 heterocycles. The summed E-state index contributed by atoms with van der Waals surface area (Å²) >= 11 is 0. The van der Waals surface area contributed by atoms with E-state index in [1.54, 1.807) is 0 Å². The molecule has 0 aliphatic rings. The van der Waals surface area contributed by atoms with Gasteiger partial charge in [0.15, 0.2) is 17.5 Å². The quantitative estimate of drug-likeness (QED) is 0.700. The van der Waals surface area contributed by atoms with Crippen LogP contribution >= 0.6 is 0 Å². The van der Waals surface area contributed by atoms with E-state index in [9.17, 15) is 26.0 Å². The fourth-order valence-corrected chi connectivity index (χ4v) is 2.60. The van der Waals surface area contributed by atoms with Gasteiger partial charge in [0.05, 0.1) is 5.69 Å². The van der Waals surface area contributed by atoms with E-state index in [-0.39, 0.29) is 5.69 Å². The lowest BCUT2D eigenvalue weighted by Gasteiger charge is -2.09. The molecule has 2 aromatic carbocycles. The SMILES string of the molecule is O=S(=O)(Nc1cccc(F)c1)c1ccc(F)c(F)c1F. The molecule has 0 aromatic heterocycles. The van der Waals surface area contributed by atoms with Crippen LogP contribution in [0.4, 0.5) is 23.2 Å². The van der Waals surface area contributed by atoms with Gasteiger partial charge in [0, 0.05) is 0 Å². The third kappa shape index (κ3) is 2.74. The monoisotopic (exact) mass is 305 g/mol. The van der Waals surface area contributed by atoms with Crippen LogP contribution in [-0.2, 0) is 10.0 Å². The Balaban J connectivity index is 2.44. The van der Waals surface area contributed by atoms with Crippen molar-refractivity contribution in [1.82, 2.24) is 0 Å². The Hall–Kier alpha value is -2.09. The van der Waals surface area contributed by atoms with E-state index in [4.69, 9.17) is 0 Å². The first-order chi connectivity index (χ1) is 9.31. The lowest BCUT2D eigenvalue weighted by Crippen LogP contribution is -2.15. The Bertz CT molecular complexity index is 762. The highest BCUT2D eigenvalue weighted by Crippen LogP contribution is 2.22. The summed E-state index contributed by atoms with van der Waals surface area (Å²) in [5, 5.41) is 0.